The first kappa shape index (κ1) is 13.7. The predicted molar refractivity (Wildman–Crippen MR) is 65.2 cm³/mol. The Labute approximate surface area is 108 Å². The van der Waals surface area contributed by atoms with Gasteiger partial charge in [0.15, 0.2) is 0 Å². The highest BCUT2D eigenvalue weighted by molar-refractivity contribution is 5.79. The number of alkyl halides is 3. The molecule has 0 bridgehead atoms. The molecule has 0 spiro atoms. The second kappa shape index (κ2) is 5.92. The van der Waals surface area contributed by atoms with Crippen molar-refractivity contribution in [3.8, 4) is 5.75 Å². The maximum Gasteiger partial charge on any atom is 0.573 e. The van der Waals surface area contributed by atoms with Crippen LogP contribution in [0.2, 0.25) is 0 Å². The number of rotatable bonds is 3. The van der Waals surface area contributed by atoms with E-state index in [1.54, 1.807) is 6.21 Å². The van der Waals surface area contributed by atoms with Crippen molar-refractivity contribution in [3.05, 3.63) is 29.8 Å². The van der Waals surface area contributed by atoms with E-state index in [2.05, 4.69) is 15.2 Å². The van der Waals surface area contributed by atoms with Crippen LogP contribution in [0.15, 0.2) is 29.4 Å². The highest BCUT2D eigenvalue weighted by Gasteiger charge is 2.30. The summed E-state index contributed by atoms with van der Waals surface area (Å²) >= 11 is 0. The first-order valence-corrected chi connectivity index (χ1v) is 5.88. The zero-order valence-electron chi connectivity index (χ0n) is 10.2. The molecule has 0 aromatic heterocycles. The standard InChI is InChI=1S/C12H14F3N3O/c13-12(14,15)19-11-3-1-10(2-4-11)9-17-18-7-5-16-6-8-18/h1-4,9,16H,5-8H2/b17-9-. The lowest BCUT2D eigenvalue weighted by atomic mass is 10.2. The number of hydrazone groups is 1. The van der Waals surface area contributed by atoms with Crippen molar-refractivity contribution in [2.75, 3.05) is 26.2 Å². The van der Waals surface area contributed by atoms with Crippen molar-refractivity contribution < 1.29 is 17.9 Å². The van der Waals surface area contributed by atoms with E-state index < -0.39 is 6.36 Å². The number of hydrogen-bond donors (Lipinski definition) is 1. The molecule has 1 N–H and O–H groups in total. The number of ether oxygens (including phenoxy) is 1. The van der Waals surface area contributed by atoms with Crippen LogP contribution in [0, 0.1) is 0 Å². The van der Waals surface area contributed by atoms with Gasteiger partial charge in [0.25, 0.3) is 0 Å². The molecule has 0 amide bonds. The van der Waals surface area contributed by atoms with Crippen LogP contribution in [0.3, 0.4) is 0 Å². The second-order valence-corrected chi connectivity index (χ2v) is 4.07. The van der Waals surface area contributed by atoms with E-state index in [4.69, 9.17) is 0 Å². The summed E-state index contributed by atoms with van der Waals surface area (Å²) in [7, 11) is 0. The van der Waals surface area contributed by atoms with Crippen LogP contribution in [-0.4, -0.2) is 43.8 Å². The van der Waals surface area contributed by atoms with E-state index in [0.29, 0.717) is 0 Å². The first-order chi connectivity index (χ1) is 9.03. The van der Waals surface area contributed by atoms with Crippen molar-refractivity contribution in [3.63, 3.8) is 0 Å². The van der Waals surface area contributed by atoms with E-state index in [9.17, 15) is 13.2 Å². The minimum Gasteiger partial charge on any atom is -0.406 e. The zero-order chi connectivity index (χ0) is 13.7. The molecule has 4 nitrogen and oxygen atoms in total. The topological polar surface area (TPSA) is 36.9 Å². The van der Waals surface area contributed by atoms with Gasteiger partial charge in [-0.3, -0.25) is 5.01 Å². The minimum atomic E-state index is -4.66. The van der Waals surface area contributed by atoms with Gasteiger partial charge in [-0.15, -0.1) is 13.2 Å². The van der Waals surface area contributed by atoms with Crippen LogP contribution in [-0.2, 0) is 0 Å². The molecule has 1 aromatic carbocycles. The van der Waals surface area contributed by atoms with Crippen LogP contribution < -0.4 is 10.1 Å². The predicted octanol–water partition coefficient (Wildman–Crippen LogP) is 1.82. The summed E-state index contributed by atoms with van der Waals surface area (Å²) in [4.78, 5) is 0. The summed E-state index contributed by atoms with van der Waals surface area (Å²) in [5.74, 6) is -0.230. The Kier molecular flexibility index (Phi) is 4.26. The van der Waals surface area contributed by atoms with Crippen molar-refractivity contribution in [1.82, 2.24) is 10.3 Å². The molecule has 7 heteroatoms. The monoisotopic (exact) mass is 273 g/mol. The third-order valence-electron chi connectivity index (χ3n) is 2.58. The van der Waals surface area contributed by atoms with Crippen molar-refractivity contribution in [2.24, 2.45) is 5.10 Å². The number of hydrogen-bond acceptors (Lipinski definition) is 4. The fraction of sp³-hybridized carbons (Fsp3) is 0.417. The molecule has 1 heterocycles. The van der Waals surface area contributed by atoms with E-state index >= 15 is 0 Å². The number of nitrogens with zero attached hydrogens (tertiary/aromatic N) is 2. The fourth-order valence-electron chi connectivity index (χ4n) is 1.67. The summed E-state index contributed by atoms with van der Waals surface area (Å²) < 4.78 is 39.7. The van der Waals surface area contributed by atoms with Gasteiger partial charge < -0.3 is 10.1 Å². The maximum absolute atomic E-state index is 12.0. The molecule has 0 unspecified atom stereocenters. The van der Waals surface area contributed by atoms with Gasteiger partial charge in [-0.1, -0.05) is 0 Å². The van der Waals surface area contributed by atoms with E-state index in [0.717, 1.165) is 31.7 Å². The summed E-state index contributed by atoms with van der Waals surface area (Å²) in [6.07, 6.45) is -3.03. The summed E-state index contributed by atoms with van der Waals surface area (Å²) in [5.41, 5.74) is 0.730. The highest BCUT2D eigenvalue weighted by atomic mass is 19.4. The van der Waals surface area contributed by atoms with Gasteiger partial charge in [0.1, 0.15) is 5.75 Å². The van der Waals surface area contributed by atoms with Gasteiger partial charge in [0.05, 0.1) is 6.21 Å². The third-order valence-corrected chi connectivity index (χ3v) is 2.58. The Morgan fingerprint density at radius 1 is 1.16 bits per heavy atom. The number of piperazine rings is 1. The van der Waals surface area contributed by atoms with Crippen molar-refractivity contribution in [1.29, 1.82) is 0 Å². The molecular weight excluding hydrogens is 259 g/mol. The molecule has 1 saturated heterocycles. The lowest BCUT2D eigenvalue weighted by molar-refractivity contribution is -0.274. The molecule has 1 aliphatic heterocycles. The first-order valence-electron chi connectivity index (χ1n) is 5.88. The maximum atomic E-state index is 12.0. The molecule has 0 atom stereocenters. The Balaban J connectivity index is 1.92. The van der Waals surface area contributed by atoms with E-state index in [1.165, 1.54) is 24.3 Å². The van der Waals surface area contributed by atoms with E-state index in [-0.39, 0.29) is 5.75 Å². The summed E-state index contributed by atoms with van der Waals surface area (Å²) in [5, 5.41) is 9.38. The van der Waals surface area contributed by atoms with Crippen molar-refractivity contribution >= 4 is 6.21 Å². The molecule has 0 radical (unpaired) electrons. The highest BCUT2D eigenvalue weighted by Crippen LogP contribution is 2.22. The van der Waals surface area contributed by atoms with Crippen LogP contribution in [0.1, 0.15) is 5.56 Å². The minimum absolute atomic E-state index is 0.230. The molecular formula is C12H14F3N3O. The summed E-state index contributed by atoms with van der Waals surface area (Å²) in [6.45, 7) is 3.42. The molecule has 0 saturated carbocycles. The molecule has 19 heavy (non-hydrogen) atoms. The summed E-state index contributed by atoms with van der Waals surface area (Å²) in [6, 6.07) is 5.61. The smallest absolute Gasteiger partial charge is 0.406 e. The SMILES string of the molecule is FC(F)(F)Oc1ccc(/C=N\N2CCNCC2)cc1. The Morgan fingerprint density at radius 3 is 2.37 bits per heavy atom. The third kappa shape index (κ3) is 4.78. The van der Waals surface area contributed by atoms with Gasteiger partial charge in [-0.25, -0.2) is 0 Å². The van der Waals surface area contributed by atoms with Gasteiger partial charge in [0.2, 0.25) is 0 Å². The lowest BCUT2D eigenvalue weighted by Gasteiger charge is -2.24. The fourth-order valence-corrected chi connectivity index (χ4v) is 1.67. The van der Waals surface area contributed by atoms with Gasteiger partial charge >= 0.3 is 6.36 Å². The molecule has 1 aliphatic rings. The molecule has 0 aliphatic carbocycles. The molecule has 2 rings (SSSR count). The van der Waals surface area contributed by atoms with Crippen LogP contribution in [0.4, 0.5) is 13.2 Å². The molecule has 1 aromatic rings. The van der Waals surface area contributed by atoms with E-state index in [1.807, 2.05) is 5.01 Å². The molecule has 1 fully saturated rings. The van der Waals surface area contributed by atoms with Gasteiger partial charge in [-0.2, -0.15) is 5.10 Å². The lowest BCUT2D eigenvalue weighted by Crippen LogP contribution is -2.40. The quantitative estimate of drug-likeness (QED) is 0.854. The van der Waals surface area contributed by atoms with Gasteiger partial charge in [0, 0.05) is 26.2 Å². The van der Waals surface area contributed by atoms with Crippen LogP contribution in [0.25, 0.3) is 0 Å². The number of halogens is 3. The molecule has 104 valence electrons. The number of nitrogens with one attached hydrogen (secondary N) is 1. The Bertz CT molecular complexity index is 425. The normalized spacial score (nSPS) is 16.9. The van der Waals surface area contributed by atoms with Crippen molar-refractivity contribution in [2.45, 2.75) is 6.36 Å². The van der Waals surface area contributed by atoms with Crippen LogP contribution in [0.5, 0.6) is 5.75 Å². The largest absolute Gasteiger partial charge is 0.573 e. The second-order valence-electron chi connectivity index (χ2n) is 4.07. The van der Waals surface area contributed by atoms with Gasteiger partial charge in [-0.05, 0) is 29.8 Å². The average Bonchev–Trinajstić information content (AvgIpc) is 2.37. The Hall–Kier alpha value is -1.76. The average molecular weight is 273 g/mol. The Morgan fingerprint density at radius 2 is 1.79 bits per heavy atom. The number of benzene rings is 1. The van der Waals surface area contributed by atoms with Crippen LogP contribution >= 0.6 is 0 Å². The zero-order valence-corrected chi connectivity index (χ0v) is 10.2.